The van der Waals surface area contributed by atoms with Crippen LogP contribution in [0, 0.1) is 0 Å². The lowest BCUT2D eigenvalue weighted by Crippen LogP contribution is -2.46. The van der Waals surface area contributed by atoms with Gasteiger partial charge in [0.2, 0.25) is 11.8 Å². The van der Waals surface area contributed by atoms with Crippen molar-refractivity contribution >= 4 is 5.95 Å². The topological polar surface area (TPSA) is 71.2 Å². The van der Waals surface area contributed by atoms with Crippen molar-refractivity contribution in [3.05, 3.63) is 29.7 Å². The zero-order chi connectivity index (χ0) is 18.0. The predicted octanol–water partition coefficient (Wildman–Crippen LogP) is 2.32. The lowest BCUT2D eigenvalue weighted by molar-refractivity contribution is -0.141. The van der Waals surface area contributed by atoms with Crippen LogP contribution in [0.15, 0.2) is 16.8 Å². The maximum absolute atomic E-state index is 12.8. The molecule has 25 heavy (non-hydrogen) atoms. The first-order chi connectivity index (χ1) is 11.8. The SMILES string of the molecule is CC(C)c1noc(CN2CCN(c3nccc(C(F)(F)F)n3)CC2)n1. The van der Waals surface area contributed by atoms with Crippen molar-refractivity contribution in [3.63, 3.8) is 0 Å². The number of hydrogen-bond donors (Lipinski definition) is 0. The molecular weight excluding hydrogens is 337 g/mol. The zero-order valence-electron chi connectivity index (χ0n) is 14.0. The van der Waals surface area contributed by atoms with E-state index in [-0.39, 0.29) is 11.9 Å². The number of nitrogens with zero attached hydrogens (tertiary/aromatic N) is 6. The molecule has 0 radical (unpaired) electrons. The quantitative estimate of drug-likeness (QED) is 0.832. The average molecular weight is 356 g/mol. The van der Waals surface area contributed by atoms with Gasteiger partial charge in [0.25, 0.3) is 0 Å². The Labute approximate surface area is 142 Å². The lowest BCUT2D eigenvalue weighted by atomic mass is 10.2. The summed E-state index contributed by atoms with van der Waals surface area (Å²) in [5, 5.41) is 3.93. The molecule has 1 aliphatic heterocycles. The molecule has 2 aromatic rings. The van der Waals surface area contributed by atoms with E-state index in [0.29, 0.717) is 44.4 Å². The van der Waals surface area contributed by atoms with Crippen LogP contribution in [0.4, 0.5) is 19.1 Å². The van der Waals surface area contributed by atoms with Crippen molar-refractivity contribution in [2.45, 2.75) is 32.5 Å². The van der Waals surface area contributed by atoms with E-state index < -0.39 is 11.9 Å². The second-order valence-corrected chi connectivity index (χ2v) is 6.20. The van der Waals surface area contributed by atoms with Crippen LogP contribution in [0.2, 0.25) is 0 Å². The molecule has 0 amide bonds. The van der Waals surface area contributed by atoms with Crippen molar-refractivity contribution in [2.75, 3.05) is 31.1 Å². The Morgan fingerprint density at radius 1 is 1.16 bits per heavy atom. The lowest BCUT2D eigenvalue weighted by Gasteiger charge is -2.34. The van der Waals surface area contributed by atoms with Crippen LogP contribution in [0.25, 0.3) is 0 Å². The van der Waals surface area contributed by atoms with Gasteiger partial charge in [-0.2, -0.15) is 18.2 Å². The van der Waals surface area contributed by atoms with E-state index in [4.69, 9.17) is 4.52 Å². The molecule has 0 atom stereocenters. The third-order valence-electron chi connectivity index (χ3n) is 3.95. The maximum Gasteiger partial charge on any atom is 0.433 e. The Morgan fingerprint density at radius 2 is 1.88 bits per heavy atom. The Balaban J connectivity index is 1.58. The van der Waals surface area contributed by atoms with Crippen LogP contribution in [0.3, 0.4) is 0 Å². The Kier molecular flexibility index (Phi) is 4.89. The highest BCUT2D eigenvalue weighted by molar-refractivity contribution is 5.31. The molecule has 0 unspecified atom stereocenters. The highest BCUT2D eigenvalue weighted by Crippen LogP contribution is 2.28. The molecule has 0 bridgehead atoms. The summed E-state index contributed by atoms with van der Waals surface area (Å²) in [4.78, 5) is 15.8. The fraction of sp³-hybridized carbons (Fsp3) is 0.600. The number of anilines is 1. The van der Waals surface area contributed by atoms with Crippen molar-refractivity contribution in [1.29, 1.82) is 0 Å². The smallest absolute Gasteiger partial charge is 0.338 e. The molecule has 10 heteroatoms. The van der Waals surface area contributed by atoms with Gasteiger partial charge in [-0.3, -0.25) is 4.90 Å². The molecule has 0 spiro atoms. The third kappa shape index (κ3) is 4.25. The van der Waals surface area contributed by atoms with E-state index in [1.54, 1.807) is 4.90 Å². The van der Waals surface area contributed by atoms with E-state index in [1.165, 1.54) is 0 Å². The standard InChI is InChI=1S/C15H19F3N6O/c1-10(2)13-21-12(25-22-13)9-23-5-7-24(8-6-23)14-19-4-3-11(20-14)15(16,17)18/h3-4,10H,5-9H2,1-2H3. The zero-order valence-corrected chi connectivity index (χ0v) is 14.0. The van der Waals surface area contributed by atoms with Crippen molar-refractivity contribution in [2.24, 2.45) is 0 Å². The summed E-state index contributed by atoms with van der Waals surface area (Å²) in [5.74, 6) is 1.53. The minimum absolute atomic E-state index is 0.106. The van der Waals surface area contributed by atoms with Crippen LogP contribution in [0.5, 0.6) is 0 Å². The van der Waals surface area contributed by atoms with Crippen molar-refractivity contribution < 1.29 is 17.7 Å². The minimum Gasteiger partial charge on any atom is -0.338 e. The molecule has 1 fully saturated rings. The van der Waals surface area contributed by atoms with Crippen LogP contribution in [0.1, 0.15) is 37.2 Å². The molecule has 7 nitrogen and oxygen atoms in total. The van der Waals surface area contributed by atoms with E-state index in [9.17, 15) is 13.2 Å². The van der Waals surface area contributed by atoms with Crippen LogP contribution >= 0.6 is 0 Å². The van der Waals surface area contributed by atoms with Gasteiger partial charge in [0.05, 0.1) is 6.54 Å². The maximum atomic E-state index is 12.8. The number of halogens is 3. The Morgan fingerprint density at radius 3 is 2.48 bits per heavy atom. The molecule has 0 aromatic carbocycles. The van der Waals surface area contributed by atoms with E-state index in [0.717, 1.165) is 12.3 Å². The summed E-state index contributed by atoms with van der Waals surface area (Å²) < 4.78 is 43.5. The summed E-state index contributed by atoms with van der Waals surface area (Å²) in [6, 6.07) is 0.877. The molecular formula is C15H19F3N6O. The van der Waals surface area contributed by atoms with Gasteiger partial charge in [-0.15, -0.1) is 0 Å². The molecule has 1 saturated heterocycles. The molecule has 2 aromatic heterocycles. The summed E-state index contributed by atoms with van der Waals surface area (Å²) in [5.41, 5.74) is -0.924. The van der Waals surface area contributed by atoms with E-state index in [2.05, 4.69) is 25.0 Å². The second kappa shape index (κ2) is 6.95. The summed E-state index contributed by atoms with van der Waals surface area (Å²) >= 11 is 0. The average Bonchev–Trinajstić information content (AvgIpc) is 3.04. The number of piperazine rings is 1. The molecule has 3 heterocycles. The fourth-order valence-electron chi connectivity index (χ4n) is 2.52. The first-order valence-corrected chi connectivity index (χ1v) is 8.03. The van der Waals surface area contributed by atoms with Gasteiger partial charge in [-0.05, 0) is 6.07 Å². The van der Waals surface area contributed by atoms with Gasteiger partial charge in [0.15, 0.2) is 5.82 Å². The first kappa shape index (κ1) is 17.6. The molecule has 0 aliphatic carbocycles. The highest BCUT2D eigenvalue weighted by Gasteiger charge is 2.33. The van der Waals surface area contributed by atoms with Gasteiger partial charge < -0.3 is 9.42 Å². The van der Waals surface area contributed by atoms with Gasteiger partial charge in [-0.1, -0.05) is 19.0 Å². The monoisotopic (exact) mass is 356 g/mol. The first-order valence-electron chi connectivity index (χ1n) is 8.03. The van der Waals surface area contributed by atoms with Crippen molar-refractivity contribution in [1.82, 2.24) is 25.0 Å². The van der Waals surface area contributed by atoms with Crippen LogP contribution in [-0.4, -0.2) is 51.2 Å². The number of alkyl halides is 3. The number of rotatable bonds is 4. The van der Waals surface area contributed by atoms with Gasteiger partial charge in [-0.25, -0.2) is 9.97 Å². The largest absolute Gasteiger partial charge is 0.433 e. The Bertz CT molecular complexity index is 709. The summed E-state index contributed by atoms with van der Waals surface area (Å²) in [6.07, 6.45) is -3.32. The molecule has 0 saturated carbocycles. The fourth-order valence-corrected chi connectivity index (χ4v) is 2.52. The van der Waals surface area contributed by atoms with Crippen molar-refractivity contribution in [3.8, 4) is 0 Å². The Hall–Kier alpha value is -2.23. The van der Waals surface area contributed by atoms with E-state index >= 15 is 0 Å². The van der Waals surface area contributed by atoms with Crippen LogP contribution < -0.4 is 4.90 Å². The van der Waals surface area contributed by atoms with E-state index in [1.807, 2.05) is 13.8 Å². The van der Waals surface area contributed by atoms with Gasteiger partial charge in [0.1, 0.15) is 5.69 Å². The van der Waals surface area contributed by atoms with Crippen LogP contribution in [-0.2, 0) is 12.7 Å². The number of hydrogen-bond acceptors (Lipinski definition) is 7. The molecule has 3 rings (SSSR count). The molecule has 0 N–H and O–H groups in total. The molecule has 1 aliphatic rings. The highest BCUT2D eigenvalue weighted by atomic mass is 19.4. The van der Waals surface area contributed by atoms with Gasteiger partial charge in [0, 0.05) is 38.3 Å². The second-order valence-electron chi connectivity index (χ2n) is 6.20. The minimum atomic E-state index is -4.47. The predicted molar refractivity (Wildman–Crippen MR) is 82.9 cm³/mol. The summed E-state index contributed by atoms with van der Waals surface area (Å²) in [6.45, 7) is 6.87. The van der Waals surface area contributed by atoms with Gasteiger partial charge >= 0.3 is 6.18 Å². The summed E-state index contributed by atoms with van der Waals surface area (Å²) in [7, 11) is 0. The normalized spacial score (nSPS) is 16.6. The third-order valence-corrected chi connectivity index (χ3v) is 3.95. The number of aromatic nitrogens is 4. The molecule has 136 valence electrons.